The van der Waals surface area contributed by atoms with E-state index in [4.69, 9.17) is 4.74 Å². The van der Waals surface area contributed by atoms with Crippen molar-refractivity contribution in [1.82, 2.24) is 14.3 Å². The summed E-state index contributed by atoms with van der Waals surface area (Å²) >= 11 is 1.27. The Morgan fingerprint density at radius 1 is 1.25 bits per heavy atom. The molecule has 1 saturated heterocycles. The Bertz CT molecular complexity index is 712. The standard InChI is InChI=1S/C15H16F2N4O2S/c1-23-9-12-18-15(24-19-12)21-7-5-20(6-8-21)14(22)13-10(16)3-2-4-11(13)17/h2-4H,5-9H2,1H3. The van der Waals surface area contributed by atoms with E-state index in [9.17, 15) is 13.6 Å². The minimum atomic E-state index is -0.837. The first kappa shape index (κ1) is 16.7. The van der Waals surface area contributed by atoms with Crippen LogP contribution in [0.4, 0.5) is 13.9 Å². The van der Waals surface area contributed by atoms with Crippen molar-refractivity contribution in [2.24, 2.45) is 0 Å². The van der Waals surface area contributed by atoms with Gasteiger partial charge in [0.2, 0.25) is 5.13 Å². The number of hydrogen-bond donors (Lipinski definition) is 0. The molecule has 1 aliphatic rings. The summed E-state index contributed by atoms with van der Waals surface area (Å²) < 4.78 is 36.7. The van der Waals surface area contributed by atoms with Crippen LogP contribution < -0.4 is 4.90 Å². The summed E-state index contributed by atoms with van der Waals surface area (Å²) in [5, 5.41) is 0.756. The van der Waals surface area contributed by atoms with Gasteiger partial charge in [-0.05, 0) is 12.1 Å². The third kappa shape index (κ3) is 3.36. The maximum atomic E-state index is 13.7. The van der Waals surface area contributed by atoms with Gasteiger partial charge in [-0.1, -0.05) is 6.07 Å². The normalized spacial score (nSPS) is 15.0. The summed E-state index contributed by atoms with van der Waals surface area (Å²) in [6.45, 7) is 2.14. The smallest absolute Gasteiger partial charge is 0.259 e. The molecule has 1 aromatic heterocycles. The van der Waals surface area contributed by atoms with Gasteiger partial charge in [0.05, 0.1) is 0 Å². The molecule has 1 amide bonds. The van der Waals surface area contributed by atoms with Crippen LogP contribution in [0.3, 0.4) is 0 Å². The van der Waals surface area contributed by atoms with Gasteiger partial charge < -0.3 is 14.5 Å². The number of carbonyl (C=O) groups excluding carboxylic acids is 1. The zero-order chi connectivity index (χ0) is 17.1. The molecule has 0 radical (unpaired) electrons. The Balaban J connectivity index is 1.65. The highest BCUT2D eigenvalue weighted by atomic mass is 32.1. The highest BCUT2D eigenvalue weighted by Crippen LogP contribution is 2.21. The number of carbonyl (C=O) groups is 1. The summed E-state index contributed by atoms with van der Waals surface area (Å²) in [5.74, 6) is -1.68. The van der Waals surface area contributed by atoms with Gasteiger partial charge in [0.1, 0.15) is 23.8 Å². The van der Waals surface area contributed by atoms with E-state index in [1.54, 1.807) is 7.11 Å². The van der Waals surface area contributed by atoms with E-state index in [0.717, 1.165) is 17.3 Å². The highest BCUT2D eigenvalue weighted by Gasteiger charge is 2.27. The second-order valence-corrected chi connectivity index (χ2v) is 6.03. The van der Waals surface area contributed by atoms with E-state index >= 15 is 0 Å². The lowest BCUT2D eigenvalue weighted by Gasteiger charge is -2.34. The predicted molar refractivity (Wildman–Crippen MR) is 85.1 cm³/mol. The van der Waals surface area contributed by atoms with Gasteiger partial charge in [-0.25, -0.2) is 13.8 Å². The minimum Gasteiger partial charge on any atom is -0.377 e. The Morgan fingerprint density at radius 2 is 1.92 bits per heavy atom. The van der Waals surface area contributed by atoms with Crippen LogP contribution in [0.15, 0.2) is 18.2 Å². The van der Waals surface area contributed by atoms with E-state index in [2.05, 4.69) is 9.36 Å². The fraction of sp³-hybridized carbons (Fsp3) is 0.400. The number of piperazine rings is 1. The number of ether oxygens (including phenoxy) is 1. The van der Waals surface area contributed by atoms with Crippen LogP contribution in [0, 0.1) is 11.6 Å². The van der Waals surface area contributed by atoms with Crippen molar-refractivity contribution in [2.45, 2.75) is 6.61 Å². The van der Waals surface area contributed by atoms with E-state index < -0.39 is 23.1 Å². The molecule has 128 valence electrons. The molecule has 0 unspecified atom stereocenters. The first-order valence-corrected chi connectivity index (χ1v) is 8.17. The van der Waals surface area contributed by atoms with Crippen molar-refractivity contribution in [3.8, 4) is 0 Å². The second-order valence-electron chi connectivity index (χ2n) is 5.30. The Morgan fingerprint density at radius 3 is 2.54 bits per heavy atom. The molecule has 2 heterocycles. The van der Waals surface area contributed by atoms with Crippen LogP contribution in [0.1, 0.15) is 16.2 Å². The lowest BCUT2D eigenvalue weighted by Crippen LogP contribution is -2.49. The van der Waals surface area contributed by atoms with Crippen LogP contribution in [-0.4, -0.2) is 53.5 Å². The van der Waals surface area contributed by atoms with Gasteiger partial charge in [-0.3, -0.25) is 4.79 Å². The molecule has 1 fully saturated rings. The number of benzene rings is 1. The molecule has 0 bridgehead atoms. The number of methoxy groups -OCH3 is 1. The zero-order valence-corrected chi connectivity index (χ0v) is 13.9. The average Bonchev–Trinajstić information content (AvgIpc) is 3.04. The lowest BCUT2D eigenvalue weighted by atomic mass is 10.1. The maximum Gasteiger partial charge on any atom is 0.259 e. The largest absolute Gasteiger partial charge is 0.377 e. The fourth-order valence-corrected chi connectivity index (χ4v) is 3.25. The number of nitrogens with zero attached hydrogens (tertiary/aromatic N) is 4. The fourth-order valence-electron chi connectivity index (χ4n) is 2.52. The molecule has 0 saturated carbocycles. The summed E-state index contributed by atoms with van der Waals surface area (Å²) in [6, 6.07) is 3.42. The molecule has 2 aromatic rings. The monoisotopic (exact) mass is 354 g/mol. The van der Waals surface area contributed by atoms with Gasteiger partial charge in [-0.15, -0.1) is 0 Å². The number of aromatic nitrogens is 2. The number of halogens is 2. The summed E-state index contributed by atoms with van der Waals surface area (Å²) in [4.78, 5) is 20.2. The third-order valence-electron chi connectivity index (χ3n) is 3.74. The van der Waals surface area contributed by atoms with Crippen LogP contribution in [0.25, 0.3) is 0 Å². The summed E-state index contributed by atoms with van der Waals surface area (Å²) in [7, 11) is 1.58. The summed E-state index contributed by atoms with van der Waals surface area (Å²) in [6.07, 6.45) is 0. The molecule has 0 spiro atoms. The lowest BCUT2D eigenvalue weighted by molar-refractivity contribution is 0.0737. The zero-order valence-electron chi connectivity index (χ0n) is 13.0. The van der Waals surface area contributed by atoms with Crippen molar-refractivity contribution < 1.29 is 18.3 Å². The van der Waals surface area contributed by atoms with Crippen LogP contribution in [-0.2, 0) is 11.3 Å². The van der Waals surface area contributed by atoms with Gasteiger partial charge >= 0.3 is 0 Å². The molecular formula is C15H16F2N4O2S. The molecule has 1 aliphatic heterocycles. The SMILES string of the molecule is COCc1nsc(N2CCN(C(=O)c3c(F)cccc3F)CC2)n1. The van der Waals surface area contributed by atoms with Gasteiger partial charge in [0, 0.05) is 44.8 Å². The van der Waals surface area contributed by atoms with Crippen LogP contribution in [0.2, 0.25) is 0 Å². The van der Waals surface area contributed by atoms with Gasteiger partial charge in [-0.2, -0.15) is 4.37 Å². The van der Waals surface area contributed by atoms with Crippen LogP contribution in [0.5, 0.6) is 0 Å². The molecule has 0 aliphatic carbocycles. The summed E-state index contributed by atoms with van der Waals surface area (Å²) in [5.41, 5.74) is -0.496. The quantitative estimate of drug-likeness (QED) is 0.840. The van der Waals surface area contributed by atoms with Crippen LogP contribution >= 0.6 is 11.5 Å². The number of rotatable bonds is 4. The van der Waals surface area contributed by atoms with E-state index in [0.29, 0.717) is 38.6 Å². The number of anilines is 1. The van der Waals surface area contributed by atoms with E-state index in [1.165, 1.54) is 22.5 Å². The first-order valence-electron chi connectivity index (χ1n) is 7.40. The van der Waals surface area contributed by atoms with Crippen molar-refractivity contribution in [1.29, 1.82) is 0 Å². The third-order valence-corrected chi connectivity index (χ3v) is 4.56. The van der Waals surface area contributed by atoms with Crippen molar-refractivity contribution in [2.75, 3.05) is 38.2 Å². The molecule has 9 heteroatoms. The first-order chi connectivity index (χ1) is 11.6. The van der Waals surface area contributed by atoms with E-state index in [-0.39, 0.29) is 0 Å². The topological polar surface area (TPSA) is 58.6 Å². The van der Waals surface area contributed by atoms with E-state index in [1.807, 2.05) is 4.90 Å². The van der Waals surface area contributed by atoms with Crippen molar-refractivity contribution >= 4 is 22.6 Å². The Kier molecular flexibility index (Phi) is 5.00. The number of hydrogen-bond acceptors (Lipinski definition) is 6. The average molecular weight is 354 g/mol. The Hall–Kier alpha value is -2.13. The van der Waals surface area contributed by atoms with Gasteiger partial charge in [0.25, 0.3) is 5.91 Å². The molecule has 0 N–H and O–H groups in total. The molecule has 0 atom stereocenters. The van der Waals surface area contributed by atoms with Crippen molar-refractivity contribution in [3.63, 3.8) is 0 Å². The van der Waals surface area contributed by atoms with Crippen molar-refractivity contribution in [3.05, 3.63) is 41.2 Å². The molecule has 24 heavy (non-hydrogen) atoms. The second kappa shape index (κ2) is 7.18. The maximum absolute atomic E-state index is 13.7. The molecule has 1 aromatic carbocycles. The number of amides is 1. The van der Waals surface area contributed by atoms with Gasteiger partial charge in [0.15, 0.2) is 5.82 Å². The Labute approximate surface area is 141 Å². The highest BCUT2D eigenvalue weighted by molar-refractivity contribution is 7.09. The molecule has 3 rings (SSSR count). The molecular weight excluding hydrogens is 338 g/mol. The predicted octanol–water partition coefficient (Wildman–Crippen LogP) is 1.93. The molecule has 6 nitrogen and oxygen atoms in total. The minimum absolute atomic E-state index is 0.349.